The van der Waals surface area contributed by atoms with E-state index in [0.29, 0.717) is 24.7 Å². The minimum absolute atomic E-state index is 0.129. The van der Waals surface area contributed by atoms with Gasteiger partial charge in [0.2, 0.25) is 5.91 Å². The van der Waals surface area contributed by atoms with Crippen LogP contribution in [0.4, 0.5) is 8.78 Å². The Kier molecular flexibility index (Phi) is 4.64. The summed E-state index contributed by atoms with van der Waals surface area (Å²) in [7, 11) is 0. The molecule has 0 saturated carbocycles. The van der Waals surface area contributed by atoms with Crippen molar-refractivity contribution in [3.63, 3.8) is 0 Å². The van der Waals surface area contributed by atoms with E-state index in [1.807, 2.05) is 0 Å². The van der Waals surface area contributed by atoms with Gasteiger partial charge in [0.05, 0.1) is 12.5 Å². The van der Waals surface area contributed by atoms with Crippen molar-refractivity contribution in [2.45, 2.75) is 19.4 Å². The summed E-state index contributed by atoms with van der Waals surface area (Å²) in [6.07, 6.45) is 0.129. The largest absolute Gasteiger partial charge is 0.486 e. The molecule has 126 valence electrons. The second-order valence-electron chi connectivity index (χ2n) is 5.61. The molecule has 2 aromatic carbocycles. The van der Waals surface area contributed by atoms with E-state index in [9.17, 15) is 13.6 Å². The van der Waals surface area contributed by atoms with Gasteiger partial charge in [0.1, 0.15) is 24.8 Å². The summed E-state index contributed by atoms with van der Waals surface area (Å²) in [5, 5.41) is 2.71. The third kappa shape index (κ3) is 3.64. The predicted molar refractivity (Wildman–Crippen MR) is 84.1 cm³/mol. The van der Waals surface area contributed by atoms with Crippen LogP contribution in [-0.2, 0) is 11.2 Å². The van der Waals surface area contributed by atoms with E-state index in [4.69, 9.17) is 9.47 Å². The maximum absolute atomic E-state index is 13.7. The summed E-state index contributed by atoms with van der Waals surface area (Å²) < 4.78 is 37.6. The van der Waals surface area contributed by atoms with Crippen molar-refractivity contribution < 1.29 is 23.0 Å². The third-order valence-corrected chi connectivity index (χ3v) is 3.78. The van der Waals surface area contributed by atoms with Gasteiger partial charge in [0.15, 0.2) is 11.5 Å². The quantitative estimate of drug-likeness (QED) is 0.935. The van der Waals surface area contributed by atoms with Crippen molar-refractivity contribution in [2.24, 2.45) is 0 Å². The fraction of sp³-hybridized carbons (Fsp3) is 0.278. The van der Waals surface area contributed by atoms with Gasteiger partial charge in [-0.05, 0) is 30.7 Å². The van der Waals surface area contributed by atoms with Crippen LogP contribution in [0, 0.1) is 11.6 Å². The van der Waals surface area contributed by atoms with Crippen LogP contribution >= 0.6 is 0 Å². The topological polar surface area (TPSA) is 47.6 Å². The molecule has 1 aliphatic rings. The highest BCUT2D eigenvalue weighted by Crippen LogP contribution is 2.30. The molecule has 1 aliphatic heterocycles. The molecule has 1 heterocycles. The summed E-state index contributed by atoms with van der Waals surface area (Å²) in [5.41, 5.74) is 1.01. The van der Waals surface area contributed by atoms with Crippen LogP contribution in [0.2, 0.25) is 0 Å². The summed E-state index contributed by atoms with van der Waals surface area (Å²) in [5.74, 6) is -0.313. The number of fused-ring (bicyclic) bond motifs is 1. The molecule has 0 bridgehead atoms. The smallest absolute Gasteiger partial charge is 0.224 e. The summed E-state index contributed by atoms with van der Waals surface area (Å²) in [6, 6.07) is 8.06. The zero-order valence-corrected chi connectivity index (χ0v) is 13.1. The van der Waals surface area contributed by atoms with E-state index in [-0.39, 0.29) is 17.9 Å². The van der Waals surface area contributed by atoms with E-state index in [1.165, 1.54) is 12.1 Å². The lowest BCUT2D eigenvalue weighted by atomic mass is 10.1. The van der Waals surface area contributed by atoms with Crippen molar-refractivity contribution in [2.75, 3.05) is 13.2 Å². The molecule has 6 heteroatoms. The van der Waals surface area contributed by atoms with Gasteiger partial charge >= 0.3 is 0 Å². The maximum Gasteiger partial charge on any atom is 0.224 e. The number of rotatable bonds is 4. The Labute approximate surface area is 138 Å². The molecular weight excluding hydrogens is 316 g/mol. The van der Waals surface area contributed by atoms with E-state index < -0.39 is 17.7 Å². The Balaban J connectivity index is 1.65. The third-order valence-electron chi connectivity index (χ3n) is 3.78. The van der Waals surface area contributed by atoms with E-state index in [2.05, 4.69) is 5.32 Å². The maximum atomic E-state index is 13.7. The van der Waals surface area contributed by atoms with Crippen LogP contribution in [-0.4, -0.2) is 19.1 Å². The fourth-order valence-corrected chi connectivity index (χ4v) is 2.61. The Bertz CT molecular complexity index is 764. The highest BCUT2D eigenvalue weighted by molar-refractivity contribution is 5.79. The number of ether oxygens (including phenoxy) is 2. The highest BCUT2D eigenvalue weighted by Gasteiger charge is 2.16. The van der Waals surface area contributed by atoms with Gasteiger partial charge in [-0.3, -0.25) is 4.79 Å². The van der Waals surface area contributed by atoms with Crippen molar-refractivity contribution in [3.8, 4) is 11.5 Å². The first-order valence-electron chi connectivity index (χ1n) is 7.66. The Morgan fingerprint density at radius 2 is 1.88 bits per heavy atom. The second-order valence-corrected chi connectivity index (χ2v) is 5.61. The van der Waals surface area contributed by atoms with E-state index in [0.717, 1.165) is 11.6 Å². The molecule has 0 saturated heterocycles. The molecule has 0 aliphatic carbocycles. The number of halogens is 2. The van der Waals surface area contributed by atoms with Gasteiger partial charge in [-0.15, -0.1) is 0 Å². The van der Waals surface area contributed by atoms with Gasteiger partial charge in [0.25, 0.3) is 0 Å². The minimum atomic E-state index is -0.679. The van der Waals surface area contributed by atoms with Crippen LogP contribution in [0.15, 0.2) is 36.4 Å². The second kappa shape index (κ2) is 6.86. The average molecular weight is 333 g/mol. The van der Waals surface area contributed by atoms with E-state index in [1.54, 1.807) is 25.1 Å². The van der Waals surface area contributed by atoms with Crippen molar-refractivity contribution in [1.82, 2.24) is 5.32 Å². The Morgan fingerprint density at radius 1 is 1.12 bits per heavy atom. The molecule has 0 fully saturated rings. The highest BCUT2D eigenvalue weighted by atomic mass is 19.1. The molecule has 24 heavy (non-hydrogen) atoms. The summed E-state index contributed by atoms with van der Waals surface area (Å²) >= 11 is 0. The predicted octanol–water partition coefficient (Wildman–Crippen LogP) is 3.16. The van der Waals surface area contributed by atoms with E-state index >= 15 is 0 Å². The van der Waals surface area contributed by atoms with Gasteiger partial charge < -0.3 is 14.8 Å². The van der Waals surface area contributed by atoms with Gasteiger partial charge in [0, 0.05) is 11.6 Å². The standard InChI is InChI=1S/C18H17F2NO3/c1-11(14-4-3-13(19)10-15(14)20)21-18(22)9-12-2-5-16-17(8-12)24-7-6-23-16/h2-5,8,10-11H,6-7,9H2,1H3,(H,21,22). The van der Waals surface area contributed by atoms with Crippen LogP contribution in [0.25, 0.3) is 0 Å². The van der Waals surface area contributed by atoms with Crippen LogP contribution in [0.1, 0.15) is 24.1 Å². The molecule has 4 nitrogen and oxygen atoms in total. The van der Waals surface area contributed by atoms with Crippen LogP contribution in [0.5, 0.6) is 11.5 Å². The van der Waals surface area contributed by atoms with Crippen molar-refractivity contribution in [1.29, 1.82) is 0 Å². The molecule has 1 atom stereocenters. The molecule has 2 aromatic rings. The fourth-order valence-electron chi connectivity index (χ4n) is 2.61. The van der Waals surface area contributed by atoms with Crippen molar-refractivity contribution in [3.05, 3.63) is 59.2 Å². The lowest BCUT2D eigenvalue weighted by Crippen LogP contribution is -2.28. The van der Waals surface area contributed by atoms with Crippen molar-refractivity contribution >= 4 is 5.91 Å². The molecular formula is C18H17F2NO3. The summed E-state index contributed by atoms with van der Waals surface area (Å²) in [6.45, 7) is 2.63. The zero-order valence-electron chi connectivity index (χ0n) is 13.1. The number of benzene rings is 2. The number of nitrogens with one attached hydrogen (secondary N) is 1. The molecule has 0 radical (unpaired) electrons. The Morgan fingerprint density at radius 3 is 2.62 bits per heavy atom. The first-order valence-corrected chi connectivity index (χ1v) is 7.66. The molecule has 0 spiro atoms. The number of carbonyl (C=O) groups is 1. The molecule has 1 amide bonds. The molecule has 3 rings (SSSR count). The number of hydrogen-bond acceptors (Lipinski definition) is 3. The lowest BCUT2D eigenvalue weighted by Gasteiger charge is -2.19. The number of hydrogen-bond donors (Lipinski definition) is 1. The zero-order chi connectivity index (χ0) is 17.1. The lowest BCUT2D eigenvalue weighted by molar-refractivity contribution is -0.121. The first kappa shape index (κ1) is 16.2. The SMILES string of the molecule is CC(NC(=O)Cc1ccc2c(c1)OCCO2)c1ccc(F)cc1F. The number of carbonyl (C=O) groups excluding carboxylic acids is 1. The minimum Gasteiger partial charge on any atom is -0.486 e. The summed E-state index contributed by atoms with van der Waals surface area (Å²) in [4.78, 5) is 12.2. The number of amides is 1. The molecule has 0 aromatic heterocycles. The molecule has 1 unspecified atom stereocenters. The normalized spacial score (nSPS) is 14.1. The Hall–Kier alpha value is -2.63. The average Bonchev–Trinajstić information content (AvgIpc) is 2.54. The van der Waals surface area contributed by atoms with Gasteiger partial charge in [-0.25, -0.2) is 8.78 Å². The van der Waals surface area contributed by atoms with Crippen LogP contribution < -0.4 is 14.8 Å². The monoisotopic (exact) mass is 333 g/mol. The van der Waals surface area contributed by atoms with Gasteiger partial charge in [-0.1, -0.05) is 12.1 Å². The van der Waals surface area contributed by atoms with Gasteiger partial charge in [-0.2, -0.15) is 0 Å². The first-order chi connectivity index (χ1) is 11.5. The van der Waals surface area contributed by atoms with Crippen LogP contribution in [0.3, 0.4) is 0 Å². The molecule has 1 N–H and O–H groups in total.